The van der Waals surface area contributed by atoms with E-state index in [0.29, 0.717) is 5.92 Å². The van der Waals surface area contributed by atoms with Crippen LogP contribution in [0.2, 0.25) is 0 Å². The summed E-state index contributed by atoms with van der Waals surface area (Å²) in [5.74, 6) is 2.48. The maximum atomic E-state index is 5.52. The van der Waals surface area contributed by atoms with Crippen LogP contribution in [-0.2, 0) is 0 Å². The molecule has 0 saturated carbocycles. The molecule has 1 N–H and O–H groups in total. The van der Waals surface area contributed by atoms with Crippen LogP contribution in [0, 0.1) is 6.92 Å². The van der Waals surface area contributed by atoms with Gasteiger partial charge in [-0.15, -0.1) is 0 Å². The van der Waals surface area contributed by atoms with Gasteiger partial charge in [0.05, 0.1) is 14.2 Å². The zero-order valence-electron chi connectivity index (χ0n) is 10.9. The van der Waals surface area contributed by atoms with E-state index in [1.54, 1.807) is 14.2 Å². The van der Waals surface area contributed by atoms with E-state index in [2.05, 4.69) is 24.4 Å². The molecule has 94 valence electrons. The van der Waals surface area contributed by atoms with Gasteiger partial charge in [-0.1, -0.05) is 0 Å². The first kappa shape index (κ1) is 12.2. The highest BCUT2D eigenvalue weighted by atomic mass is 16.5. The van der Waals surface area contributed by atoms with Crippen LogP contribution in [0.5, 0.6) is 11.5 Å². The first-order chi connectivity index (χ1) is 8.26. The summed E-state index contributed by atoms with van der Waals surface area (Å²) in [5, 5.41) is 3.39. The molecule has 17 heavy (non-hydrogen) atoms. The molecule has 0 bridgehead atoms. The Hall–Kier alpha value is -1.22. The van der Waals surface area contributed by atoms with Gasteiger partial charge in [0, 0.05) is 5.56 Å². The van der Waals surface area contributed by atoms with Gasteiger partial charge in [-0.25, -0.2) is 0 Å². The van der Waals surface area contributed by atoms with Crippen molar-refractivity contribution in [3.63, 3.8) is 0 Å². The molecule has 0 amide bonds. The number of hydrogen-bond acceptors (Lipinski definition) is 3. The lowest BCUT2D eigenvalue weighted by atomic mass is 9.88. The second-order valence-corrected chi connectivity index (χ2v) is 4.61. The highest BCUT2D eigenvalue weighted by Crippen LogP contribution is 2.40. The smallest absolute Gasteiger partial charge is 0.126 e. The number of benzene rings is 1. The number of rotatable bonds is 3. The normalized spacial score (nSPS) is 16.9. The van der Waals surface area contributed by atoms with Gasteiger partial charge in [-0.05, 0) is 56.5 Å². The molecule has 0 unspecified atom stereocenters. The third-order valence-electron chi connectivity index (χ3n) is 3.44. The third-order valence-corrected chi connectivity index (χ3v) is 3.44. The van der Waals surface area contributed by atoms with Crippen molar-refractivity contribution in [3.05, 3.63) is 23.3 Å². The fourth-order valence-corrected chi connectivity index (χ4v) is 2.58. The Balaban J connectivity index is 2.41. The average Bonchev–Trinajstić information content (AvgIpc) is 2.38. The van der Waals surface area contributed by atoms with E-state index in [4.69, 9.17) is 9.47 Å². The topological polar surface area (TPSA) is 30.5 Å². The van der Waals surface area contributed by atoms with Gasteiger partial charge < -0.3 is 14.8 Å². The molecule has 1 saturated heterocycles. The SMILES string of the molecule is COc1cc(C)cc(OC)c1C1CCNCC1. The van der Waals surface area contributed by atoms with Gasteiger partial charge in [0.2, 0.25) is 0 Å². The van der Waals surface area contributed by atoms with Crippen LogP contribution in [0.1, 0.15) is 29.9 Å². The molecule has 2 rings (SSSR count). The van der Waals surface area contributed by atoms with Gasteiger partial charge in [0.15, 0.2) is 0 Å². The molecule has 1 aromatic rings. The minimum Gasteiger partial charge on any atom is -0.496 e. The van der Waals surface area contributed by atoms with E-state index in [0.717, 1.165) is 37.4 Å². The van der Waals surface area contributed by atoms with Crippen molar-refractivity contribution in [1.82, 2.24) is 5.32 Å². The molecule has 0 spiro atoms. The first-order valence-corrected chi connectivity index (χ1v) is 6.19. The van der Waals surface area contributed by atoms with Crippen LogP contribution in [0.3, 0.4) is 0 Å². The second-order valence-electron chi connectivity index (χ2n) is 4.61. The lowest BCUT2D eigenvalue weighted by Crippen LogP contribution is -2.27. The van der Waals surface area contributed by atoms with E-state index in [-0.39, 0.29) is 0 Å². The van der Waals surface area contributed by atoms with Crippen molar-refractivity contribution < 1.29 is 9.47 Å². The summed E-state index contributed by atoms with van der Waals surface area (Å²) in [6.45, 7) is 4.22. The van der Waals surface area contributed by atoms with E-state index in [1.165, 1.54) is 11.1 Å². The summed E-state index contributed by atoms with van der Waals surface area (Å²) in [4.78, 5) is 0. The summed E-state index contributed by atoms with van der Waals surface area (Å²) < 4.78 is 11.0. The molecule has 3 nitrogen and oxygen atoms in total. The van der Waals surface area contributed by atoms with Crippen LogP contribution in [-0.4, -0.2) is 27.3 Å². The Morgan fingerprint density at radius 3 is 2.06 bits per heavy atom. The van der Waals surface area contributed by atoms with Crippen LogP contribution in [0.25, 0.3) is 0 Å². The molecule has 0 radical (unpaired) electrons. The molecule has 1 heterocycles. The molecule has 1 aromatic carbocycles. The number of nitrogens with one attached hydrogen (secondary N) is 1. The maximum Gasteiger partial charge on any atom is 0.126 e. The predicted molar refractivity (Wildman–Crippen MR) is 69.1 cm³/mol. The van der Waals surface area contributed by atoms with Crippen molar-refractivity contribution in [2.75, 3.05) is 27.3 Å². The largest absolute Gasteiger partial charge is 0.496 e. The van der Waals surface area contributed by atoms with Gasteiger partial charge in [-0.2, -0.15) is 0 Å². The molecule has 0 aliphatic carbocycles. The molecule has 0 aromatic heterocycles. The fraction of sp³-hybridized carbons (Fsp3) is 0.571. The highest BCUT2D eigenvalue weighted by molar-refractivity contribution is 5.50. The first-order valence-electron chi connectivity index (χ1n) is 6.19. The van der Waals surface area contributed by atoms with Crippen LogP contribution in [0.15, 0.2) is 12.1 Å². The highest BCUT2D eigenvalue weighted by Gasteiger charge is 2.23. The number of methoxy groups -OCH3 is 2. The number of hydrogen-bond donors (Lipinski definition) is 1. The molecule has 1 aliphatic rings. The second kappa shape index (κ2) is 5.41. The monoisotopic (exact) mass is 235 g/mol. The van der Waals surface area contributed by atoms with Crippen LogP contribution >= 0.6 is 0 Å². The molecule has 0 atom stereocenters. The summed E-state index contributed by atoms with van der Waals surface area (Å²) in [5.41, 5.74) is 2.42. The van der Waals surface area contributed by atoms with Crippen molar-refractivity contribution in [2.24, 2.45) is 0 Å². The average molecular weight is 235 g/mol. The summed E-state index contributed by atoms with van der Waals surface area (Å²) >= 11 is 0. The minimum absolute atomic E-state index is 0.543. The number of aryl methyl sites for hydroxylation is 1. The number of ether oxygens (including phenoxy) is 2. The Labute approximate surface area is 103 Å². The molecule has 3 heteroatoms. The van der Waals surface area contributed by atoms with E-state index in [9.17, 15) is 0 Å². The minimum atomic E-state index is 0.543. The molecular formula is C14H21NO2. The van der Waals surface area contributed by atoms with Gasteiger partial charge in [0.1, 0.15) is 11.5 Å². The maximum absolute atomic E-state index is 5.52. The predicted octanol–water partition coefficient (Wildman–Crippen LogP) is 2.48. The van der Waals surface area contributed by atoms with Gasteiger partial charge in [-0.3, -0.25) is 0 Å². The van der Waals surface area contributed by atoms with Crippen molar-refractivity contribution >= 4 is 0 Å². The molecular weight excluding hydrogens is 214 g/mol. The molecule has 1 aliphatic heterocycles. The summed E-state index contributed by atoms with van der Waals surface area (Å²) in [7, 11) is 3.47. The van der Waals surface area contributed by atoms with Gasteiger partial charge >= 0.3 is 0 Å². The Bertz CT molecular complexity index is 359. The van der Waals surface area contributed by atoms with Crippen molar-refractivity contribution in [1.29, 1.82) is 0 Å². The Morgan fingerprint density at radius 1 is 1.06 bits per heavy atom. The molecule has 1 fully saturated rings. The summed E-state index contributed by atoms with van der Waals surface area (Å²) in [6, 6.07) is 4.19. The lowest BCUT2D eigenvalue weighted by Gasteiger charge is -2.26. The zero-order chi connectivity index (χ0) is 12.3. The van der Waals surface area contributed by atoms with Crippen molar-refractivity contribution in [3.8, 4) is 11.5 Å². The van der Waals surface area contributed by atoms with Crippen LogP contribution < -0.4 is 14.8 Å². The van der Waals surface area contributed by atoms with E-state index < -0.39 is 0 Å². The Morgan fingerprint density at radius 2 is 1.59 bits per heavy atom. The quantitative estimate of drug-likeness (QED) is 0.873. The van der Waals surface area contributed by atoms with Crippen molar-refractivity contribution in [2.45, 2.75) is 25.7 Å². The number of piperidine rings is 1. The van der Waals surface area contributed by atoms with E-state index >= 15 is 0 Å². The van der Waals surface area contributed by atoms with Crippen LogP contribution in [0.4, 0.5) is 0 Å². The lowest BCUT2D eigenvalue weighted by molar-refractivity contribution is 0.363. The van der Waals surface area contributed by atoms with E-state index in [1.807, 2.05) is 0 Å². The van der Waals surface area contributed by atoms with Gasteiger partial charge in [0.25, 0.3) is 0 Å². The fourth-order valence-electron chi connectivity index (χ4n) is 2.58. The zero-order valence-corrected chi connectivity index (χ0v) is 10.9. The third kappa shape index (κ3) is 2.55. The Kier molecular flexibility index (Phi) is 3.89. The standard InChI is InChI=1S/C14H21NO2/c1-10-8-12(16-2)14(13(9-10)17-3)11-4-6-15-7-5-11/h8-9,11,15H,4-7H2,1-3H3. The summed E-state index contributed by atoms with van der Waals surface area (Å²) in [6.07, 6.45) is 2.30.